The lowest BCUT2D eigenvalue weighted by atomic mass is 10.2. The Morgan fingerprint density at radius 1 is 1.00 bits per heavy atom. The van der Waals surface area contributed by atoms with E-state index in [9.17, 15) is 9.59 Å². The fourth-order valence-corrected chi connectivity index (χ4v) is 1.46. The number of hydrogen-bond donors (Lipinski definition) is 2. The SMILES string of the molecule is CC(=O)/C=C(\C)NCC(C)N/C(C)=C/C(C)=O. The molecule has 2 N–H and O–H groups in total. The van der Waals surface area contributed by atoms with E-state index in [-0.39, 0.29) is 17.6 Å². The molecule has 0 radical (unpaired) electrons. The molecule has 0 aliphatic heterocycles. The zero-order chi connectivity index (χ0) is 13.4. The van der Waals surface area contributed by atoms with Gasteiger partial charge >= 0.3 is 0 Å². The highest BCUT2D eigenvalue weighted by Crippen LogP contribution is 1.93. The second-order valence-corrected chi connectivity index (χ2v) is 4.30. The topological polar surface area (TPSA) is 58.2 Å². The number of carbonyl (C=O) groups is 2. The highest BCUT2D eigenvalue weighted by atomic mass is 16.1. The van der Waals surface area contributed by atoms with Gasteiger partial charge in [0.1, 0.15) is 0 Å². The van der Waals surface area contributed by atoms with Crippen molar-refractivity contribution >= 4 is 11.6 Å². The second kappa shape index (κ2) is 7.65. The predicted octanol–water partition coefficient (Wildman–Crippen LogP) is 1.54. The normalized spacial score (nSPS) is 14.2. The van der Waals surface area contributed by atoms with Crippen molar-refractivity contribution in [2.24, 2.45) is 0 Å². The van der Waals surface area contributed by atoms with E-state index in [4.69, 9.17) is 0 Å². The number of ketones is 2. The maximum atomic E-state index is 10.8. The van der Waals surface area contributed by atoms with Gasteiger partial charge in [-0.2, -0.15) is 0 Å². The predicted molar refractivity (Wildman–Crippen MR) is 69.5 cm³/mol. The first-order valence-electron chi connectivity index (χ1n) is 5.69. The van der Waals surface area contributed by atoms with E-state index in [1.54, 1.807) is 12.2 Å². The van der Waals surface area contributed by atoms with Crippen LogP contribution in [0.2, 0.25) is 0 Å². The van der Waals surface area contributed by atoms with Crippen molar-refractivity contribution in [2.75, 3.05) is 6.54 Å². The van der Waals surface area contributed by atoms with Crippen molar-refractivity contribution in [3.8, 4) is 0 Å². The van der Waals surface area contributed by atoms with Crippen LogP contribution in [-0.4, -0.2) is 24.2 Å². The molecule has 0 aliphatic carbocycles. The van der Waals surface area contributed by atoms with Gasteiger partial charge in [-0.3, -0.25) is 9.59 Å². The maximum absolute atomic E-state index is 10.8. The van der Waals surface area contributed by atoms with E-state index in [1.165, 1.54) is 13.8 Å². The van der Waals surface area contributed by atoms with E-state index >= 15 is 0 Å². The third-order valence-electron chi connectivity index (χ3n) is 2.00. The van der Waals surface area contributed by atoms with Crippen LogP contribution in [0.1, 0.15) is 34.6 Å². The molecule has 17 heavy (non-hydrogen) atoms. The second-order valence-electron chi connectivity index (χ2n) is 4.30. The Hall–Kier alpha value is -1.58. The van der Waals surface area contributed by atoms with E-state index in [2.05, 4.69) is 10.6 Å². The molecule has 1 atom stereocenters. The summed E-state index contributed by atoms with van der Waals surface area (Å²) in [5, 5.41) is 6.32. The molecular formula is C13H22N2O2. The lowest BCUT2D eigenvalue weighted by Gasteiger charge is -2.17. The van der Waals surface area contributed by atoms with Crippen molar-refractivity contribution in [2.45, 2.75) is 40.7 Å². The molecule has 0 amide bonds. The van der Waals surface area contributed by atoms with Crippen molar-refractivity contribution in [3.05, 3.63) is 23.5 Å². The third kappa shape index (κ3) is 9.35. The highest BCUT2D eigenvalue weighted by molar-refractivity contribution is 5.88. The maximum Gasteiger partial charge on any atom is 0.154 e. The van der Waals surface area contributed by atoms with Crippen LogP contribution in [0, 0.1) is 0 Å². The Bertz CT molecular complexity index is 343. The Labute approximate surface area is 103 Å². The fourth-order valence-electron chi connectivity index (χ4n) is 1.46. The average Bonchev–Trinajstić information content (AvgIpc) is 2.12. The highest BCUT2D eigenvalue weighted by Gasteiger charge is 2.01. The monoisotopic (exact) mass is 238 g/mol. The van der Waals surface area contributed by atoms with Crippen LogP contribution in [0.5, 0.6) is 0 Å². The van der Waals surface area contributed by atoms with Gasteiger partial charge in [0.25, 0.3) is 0 Å². The summed E-state index contributed by atoms with van der Waals surface area (Å²) in [4.78, 5) is 21.7. The molecule has 4 nitrogen and oxygen atoms in total. The number of rotatable bonds is 7. The molecular weight excluding hydrogens is 216 g/mol. The molecule has 0 aromatic rings. The van der Waals surface area contributed by atoms with Crippen LogP contribution in [0.4, 0.5) is 0 Å². The van der Waals surface area contributed by atoms with Gasteiger partial charge in [0.2, 0.25) is 0 Å². The van der Waals surface area contributed by atoms with Crippen LogP contribution < -0.4 is 10.6 Å². The summed E-state index contributed by atoms with van der Waals surface area (Å²) in [5.41, 5.74) is 1.69. The number of hydrogen-bond acceptors (Lipinski definition) is 4. The zero-order valence-electron chi connectivity index (χ0n) is 11.3. The van der Waals surface area contributed by atoms with Gasteiger partial charge in [-0.25, -0.2) is 0 Å². The summed E-state index contributed by atoms with van der Waals surface area (Å²) in [6.07, 6.45) is 3.12. The Kier molecular flexibility index (Phi) is 6.94. The molecule has 0 aromatic carbocycles. The van der Waals surface area contributed by atoms with E-state index in [0.717, 1.165) is 11.4 Å². The molecule has 0 saturated heterocycles. The first-order valence-corrected chi connectivity index (χ1v) is 5.69. The van der Waals surface area contributed by atoms with E-state index in [1.807, 2.05) is 20.8 Å². The first kappa shape index (κ1) is 15.4. The summed E-state index contributed by atoms with van der Waals surface area (Å²) in [7, 11) is 0. The molecule has 1 unspecified atom stereocenters. The molecule has 0 saturated carbocycles. The Morgan fingerprint density at radius 2 is 1.47 bits per heavy atom. The summed E-state index contributed by atoms with van der Waals surface area (Å²) >= 11 is 0. The van der Waals surface area contributed by atoms with Gasteiger partial charge in [-0.05, 0) is 46.8 Å². The molecule has 0 aliphatic rings. The quantitative estimate of drug-likeness (QED) is 0.661. The molecule has 0 aromatic heterocycles. The van der Waals surface area contributed by atoms with Crippen molar-refractivity contribution in [3.63, 3.8) is 0 Å². The minimum Gasteiger partial charge on any atom is -0.386 e. The van der Waals surface area contributed by atoms with Crippen molar-refractivity contribution < 1.29 is 9.59 Å². The Morgan fingerprint density at radius 3 is 1.94 bits per heavy atom. The summed E-state index contributed by atoms with van der Waals surface area (Å²) in [6, 6.07) is 0.181. The molecule has 96 valence electrons. The van der Waals surface area contributed by atoms with E-state index in [0.29, 0.717) is 6.54 Å². The molecule has 0 rings (SSSR count). The molecule has 0 heterocycles. The summed E-state index contributed by atoms with van der Waals surface area (Å²) in [5.74, 6) is 0.0612. The number of nitrogens with one attached hydrogen (secondary N) is 2. The van der Waals surface area contributed by atoms with Gasteiger partial charge in [0.05, 0.1) is 0 Å². The first-order chi connectivity index (χ1) is 7.81. The Balaban J connectivity index is 4.08. The molecule has 0 bridgehead atoms. The van der Waals surface area contributed by atoms with Crippen molar-refractivity contribution in [1.82, 2.24) is 10.6 Å². The van der Waals surface area contributed by atoms with Gasteiger partial charge in [0.15, 0.2) is 11.6 Å². The fraction of sp³-hybridized carbons (Fsp3) is 0.538. The minimum absolute atomic E-state index is 0.0304. The molecule has 4 heteroatoms. The minimum atomic E-state index is 0.0304. The van der Waals surface area contributed by atoms with Gasteiger partial charge in [-0.15, -0.1) is 0 Å². The van der Waals surface area contributed by atoms with Gasteiger partial charge in [0, 0.05) is 24.0 Å². The molecule has 0 spiro atoms. The van der Waals surface area contributed by atoms with Gasteiger partial charge < -0.3 is 10.6 Å². The van der Waals surface area contributed by atoms with Crippen LogP contribution >= 0.6 is 0 Å². The number of carbonyl (C=O) groups excluding carboxylic acids is 2. The van der Waals surface area contributed by atoms with E-state index < -0.39 is 0 Å². The van der Waals surface area contributed by atoms with Crippen LogP contribution in [0.3, 0.4) is 0 Å². The third-order valence-corrected chi connectivity index (χ3v) is 2.00. The van der Waals surface area contributed by atoms with Crippen LogP contribution in [0.15, 0.2) is 23.5 Å². The van der Waals surface area contributed by atoms with Gasteiger partial charge in [-0.1, -0.05) is 0 Å². The smallest absolute Gasteiger partial charge is 0.154 e. The lowest BCUT2D eigenvalue weighted by Crippen LogP contribution is -2.34. The zero-order valence-corrected chi connectivity index (χ0v) is 11.3. The van der Waals surface area contributed by atoms with Crippen LogP contribution in [-0.2, 0) is 9.59 Å². The summed E-state index contributed by atoms with van der Waals surface area (Å²) in [6.45, 7) is 9.45. The molecule has 0 fully saturated rings. The number of allylic oxidation sites excluding steroid dienone is 4. The van der Waals surface area contributed by atoms with Crippen molar-refractivity contribution in [1.29, 1.82) is 0 Å². The summed E-state index contributed by atoms with van der Waals surface area (Å²) < 4.78 is 0. The lowest BCUT2D eigenvalue weighted by molar-refractivity contribution is -0.113. The largest absolute Gasteiger partial charge is 0.386 e. The van der Waals surface area contributed by atoms with Crippen LogP contribution in [0.25, 0.3) is 0 Å². The standard InChI is InChI=1S/C13H22N2O2/c1-9(6-12(4)16)14-8-11(3)15-10(2)7-13(5)17/h6-7,11,14-15H,8H2,1-5H3/b9-6+,10-7+. The average molecular weight is 238 g/mol.